The van der Waals surface area contributed by atoms with Gasteiger partial charge in [0.25, 0.3) is 5.56 Å². The van der Waals surface area contributed by atoms with Gasteiger partial charge in [-0.05, 0) is 22.0 Å². The van der Waals surface area contributed by atoms with Crippen molar-refractivity contribution in [3.63, 3.8) is 0 Å². The molecule has 0 saturated carbocycles. The van der Waals surface area contributed by atoms with Crippen LogP contribution in [0.1, 0.15) is 5.69 Å². The number of aromatic amines is 1. The quantitative estimate of drug-likeness (QED) is 0.679. The Morgan fingerprint density at radius 3 is 3.00 bits per heavy atom. The minimum atomic E-state index is -0.294. The molecule has 0 aliphatic carbocycles. The summed E-state index contributed by atoms with van der Waals surface area (Å²) in [7, 11) is 0. The molecule has 1 aromatic heterocycles. The Morgan fingerprint density at radius 2 is 2.50 bits per heavy atom. The van der Waals surface area contributed by atoms with E-state index in [4.69, 9.17) is 5.11 Å². The topological polar surface area (TPSA) is 66.0 Å². The molecule has 0 aliphatic heterocycles. The summed E-state index contributed by atoms with van der Waals surface area (Å²) in [6.45, 7) is -0.171. The standard InChI is InChI=1S/C5H5BrN2O2/c6-4-1-3(2-9)7-8-5(4)10/h1,9H,2H2,(H,8,10). The van der Waals surface area contributed by atoms with Crippen LogP contribution >= 0.6 is 15.9 Å². The van der Waals surface area contributed by atoms with Crippen LogP contribution in [0.2, 0.25) is 0 Å². The number of H-pyrrole nitrogens is 1. The first kappa shape index (κ1) is 7.43. The summed E-state index contributed by atoms with van der Waals surface area (Å²) in [5.41, 5.74) is 0.142. The fraction of sp³-hybridized carbons (Fsp3) is 0.200. The molecule has 0 spiro atoms. The maximum atomic E-state index is 10.6. The van der Waals surface area contributed by atoms with Crippen LogP contribution in [0.4, 0.5) is 0 Å². The molecule has 0 unspecified atom stereocenters. The lowest BCUT2D eigenvalue weighted by molar-refractivity contribution is 0.275. The highest BCUT2D eigenvalue weighted by Crippen LogP contribution is 2.01. The van der Waals surface area contributed by atoms with Gasteiger partial charge in [-0.25, -0.2) is 5.10 Å². The van der Waals surface area contributed by atoms with Gasteiger partial charge in [0.2, 0.25) is 0 Å². The number of aromatic nitrogens is 2. The van der Waals surface area contributed by atoms with Crippen molar-refractivity contribution in [2.45, 2.75) is 6.61 Å². The Kier molecular flexibility index (Phi) is 2.18. The molecule has 0 radical (unpaired) electrons. The van der Waals surface area contributed by atoms with E-state index >= 15 is 0 Å². The van der Waals surface area contributed by atoms with Gasteiger partial charge >= 0.3 is 0 Å². The van der Waals surface area contributed by atoms with E-state index in [0.29, 0.717) is 10.2 Å². The van der Waals surface area contributed by atoms with Gasteiger partial charge < -0.3 is 5.11 Å². The van der Waals surface area contributed by atoms with E-state index in [0.717, 1.165) is 0 Å². The third-order valence-corrected chi connectivity index (χ3v) is 1.56. The van der Waals surface area contributed by atoms with E-state index in [1.807, 2.05) is 0 Å². The van der Waals surface area contributed by atoms with Crippen LogP contribution in [0, 0.1) is 0 Å². The fourth-order valence-electron chi connectivity index (χ4n) is 0.501. The third-order valence-electron chi connectivity index (χ3n) is 0.973. The van der Waals surface area contributed by atoms with Crippen LogP contribution in [-0.4, -0.2) is 15.3 Å². The largest absolute Gasteiger partial charge is 0.390 e. The normalized spacial score (nSPS) is 9.80. The smallest absolute Gasteiger partial charge is 0.278 e. The third kappa shape index (κ3) is 1.43. The Labute approximate surface area is 65.0 Å². The number of nitrogens with one attached hydrogen (secondary N) is 1. The first-order chi connectivity index (χ1) is 4.74. The molecule has 0 fully saturated rings. The summed E-state index contributed by atoms with van der Waals surface area (Å²) >= 11 is 2.99. The molecule has 4 nitrogen and oxygen atoms in total. The minimum Gasteiger partial charge on any atom is -0.390 e. The van der Waals surface area contributed by atoms with E-state index in [1.54, 1.807) is 0 Å². The average Bonchev–Trinajstić information content (AvgIpc) is 1.95. The van der Waals surface area contributed by atoms with Gasteiger partial charge in [-0.15, -0.1) is 0 Å². The zero-order valence-electron chi connectivity index (χ0n) is 4.97. The van der Waals surface area contributed by atoms with Crippen molar-refractivity contribution < 1.29 is 5.11 Å². The van der Waals surface area contributed by atoms with Gasteiger partial charge in [-0.3, -0.25) is 4.79 Å². The highest BCUT2D eigenvalue weighted by molar-refractivity contribution is 9.10. The maximum absolute atomic E-state index is 10.6. The first-order valence-electron chi connectivity index (χ1n) is 2.59. The lowest BCUT2D eigenvalue weighted by atomic mass is 10.4. The maximum Gasteiger partial charge on any atom is 0.278 e. The Bertz CT molecular complexity index is 283. The van der Waals surface area contributed by atoms with Crippen LogP contribution in [-0.2, 0) is 6.61 Å². The van der Waals surface area contributed by atoms with Crippen molar-refractivity contribution in [2.75, 3.05) is 0 Å². The first-order valence-corrected chi connectivity index (χ1v) is 3.38. The number of halogens is 1. The molecule has 0 saturated heterocycles. The van der Waals surface area contributed by atoms with Gasteiger partial charge in [-0.1, -0.05) is 0 Å². The highest BCUT2D eigenvalue weighted by atomic mass is 79.9. The summed E-state index contributed by atoms with van der Waals surface area (Å²) in [5.74, 6) is 0. The van der Waals surface area contributed by atoms with Gasteiger partial charge in [0, 0.05) is 0 Å². The molecule has 2 N–H and O–H groups in total. The SMILES string of the molecule is O=c1[nH]nc(CO)cc1Br. The van der Waals surface area contributed by atoms with Crippen molar-refractivity contribution in [3.05, 3.63) is 26.6 Å². The Morgan fingerprint density at radius 1 is 1.80 bits per heavy atom. The zero-order valence-corrected chi connectivity index (χ0v) is 6.55. The van der Waals surface area contributed by atoms with Crippen molar-refractivity contribution in [2.24, 2.45) is 0 Å². The minimum absolute atomic E-state index is 0.171. The molecule has 1 rings (SSSR count). The van der Waals surface area contributed by atoms with Crippen molar-refractivity contribution in [1.29, 1.82) is 0 Å². The molecule has 5 heteroatoms. The second-order valence-electron chi connectivity index (χ2n) is 1.69. The average molecular weight is 205 g/mol. The Balaban J connectivity index is 3.17. The Hall–Kier alpha value is -0.680. The molecule has 0 amide bonds. The molecular formula is C5H5BrN2O2. The molecule has 1 aromatic rings. The van der Waals surface area contributed by atoms with Crippen LogP contribution in [0.5, 0.6) is 0 Å². The van der Waals surface area contributed by atoms with E-state index in [9.17, 15) is 4.79 Å². The number of aliphatic hydroxyl groups excluding tert-OH is 1. The molecule has 10 heavy (non-hydrogen) atoms. The van der Waals surface area contributed by atoms with E-state index in [-0.39, 0.29) is 12.2 Å². The second kappa shape index (κ2) is 2.94. The number of hydrogen-bond donors (Lipinski definition) is 2. The monoisotopic (exact) mass is 204 g/mol. The number of aliphatic hydroxyl groups is 1. The highest BCUT2D eigenvalue weighted by Gasteiger charge is 1.96. The predicted octanol–water partition coefficient (Wildman–Crippen LogP) is 0.0247. The lowest BCUT2D eigenvalue weighted by Crippen LogP contribution is -2.10. The molecule has 0 aromatic carbocycles. The molecule has 1 heterocycles. The van der Waals surface area contributed by atoms with Crippen LogP contribution in [0.15, 0.2) is 15.3 Å². The van der Waals surface area contributed by atoms with Gasteiger partial charge in [0.05, 0.1) is 16.8 Å². The van der Waals surface area contributed by atoms with E-state index in [2.05, 4.69) is 26.1 Å². The van der Waals surface area contributed by atoms with Gasteiger partial charge in [-0.2, -0.15) is 5.10 Å². The molecular weight excluding hydrogens is 200 g/mol. The predicted molar refractivity (Wildman–Crippen MR) is 38.5 cm³/mol. The van der Waals surface area contributed by atoms with E-state index in [1.165, 1.54) is 6.07 Å². The number of hydrogen-bond acceptors (Lipinski definition) is 3. The molecule has 0 bridgehead atoms. The van der Waals surface area contributed by atoms with Crippen molar-refractivity contribution in [3.8, 4) is 0 Å². The fourth-order valence-corrected chi connectivity index (χ4v) is 0.854. The van der Waals surface area contributed by atoms with E-state index < -0.39 is 0 Å². The van der Waals surface area contributed by atoms with Crippen LogP contribution in [0.25, 0.3) is 0 Å². The van der Waals surface area contributed by atoms with Gasteiger partial charge in [0.15, 0.2) is 0 Å². The summed E-state index contributed by atoms with van der Waals surface area (Å²) in [5, 5.41) is 14.3. The molecule has 54 valence electrons. The zero-order chi connectivity index (χ0) is 7.56. The van der Waals surface area contributed by atoms with Crippen molar-refractivity contribution in [1.82, 2.24) is 10.2 Å². The lowest BCUT2D eigenvalue weighted by Gasteiger charge is -1.92. The molecule has 0 aliphatic rings. The van der Waals surface area contributed by atoms with Crippen molar-refractivity contribution >= 4 is 15.9 Å². The number of nitrogens with zero attached hydrogens (tertiary/aromatic N) is 1. The summed E-state index contributed by atoms with van der Waals surface area (Å²) in [6.07, 6.45) is 0. The van der Waals surface area contributed by atoms with Crippen LogP contribution < -0.4 is 5.56 Å². The summed E-state index contributed by atoms with van der Waals surface area (Å²) in [4.78, 5) is 10.6. The van der Waals surface area contributed by atoms with Crippen LogP contribution in [0.3, 0.4) is 0 Å². The summed E-state index contributed by atoms with van der Waals surface area (Å²) in [6, 6.07) is 1.47. The molecule has 0 atom stereocenters. The van der Waals surface area contributed by atoms with Gasteiger partial charge in [0.1, 0.15) is 0 Å². The second-order valence-corrected chi connectivity index (χ2v) is 2.55. The number of rotatable bonds is 1. The summed E-state index contributed by atoms with van der Waals surface area (Å²) < 4.78 is 0.381.